The molecule has 0 atom stereocenters. The van der Waals surface area contributed by atoms with Crippen molar-refractivity contribution in [2.24, 2.45) is 10.2 Å². The van der Waals surface area contributed by atoms with Crippen molar-refractivity contribution in [1.29, 1.82) is 0 Å². The van der Waals surface area contributed by atoms with E-state index in [4.69, 9.17) is 10.5 Å². The van der Waals surface area contributed by atoms with Gasteiger partial charge >= 0.3 is 0 Å². The summed E-state index contributed by atoms with van der Waals surface area (Å²) in [4.78, 5) is 0. The highest BCUT2D eigenvalue weighted by Gasteiger charge is 1.86. The quantitative estimate of drug-likeness (QED) is 0.450. The predicted octanol–water partition coefficient (Wildman–Crippen LogP) is 4.12. The van der Waals surface area contributed by atoms with Crippen molar-refractivity contribution in [1.82, 2.24) is 0 Å². The minimum Gasteiger partial charge on any atom is -0.255 e. The Bertz CT molecular complexity index is 374. The average molecular weight is 216 g/mol. The van der Waals surface area contributed by atoms with Gasteiger partial charge in [0.1, 0.15) is 0 Å². The molecule has 2 rings (SSSR count). The Morgan fingerprint density at radius 2 is 0.875 bits per heavy atom. The maximum absolute atomic E-state index is 6.00. The molecule has 16 heavy (non-hydrogen) atoms. The number of nitrogens with zero attached hydrogens (tertiary/aromatic N) is 2. The monoisotopic (exact) mass is 216 g/mol. The second-order valence-corrected chi connectivity index (χ2v) is 2.87. The van der Waals surface area contributed by atoms with Gasteiger partial charge < -0.3 is 0 Å². The number of benzene rings is 2. The van der Waals surface area contributed by atoms with Crippen LogP contribution in [0.1, 0.15) is 0 Å². The molecule has 2 aromatic rings. The summed E-state index contributed by atoms with van der Waals surface area (Å²) in [5, 5.41) is 20.2. The Labute approximate surface area is 93.5 Å². The molecule has 0 spiro atoms. The third-order valence-corrected chi connectivity index (χ3v) is 1.79. The molecule has 0 saturated carbocycles. The zero-order valence-electron chi connectivity index (χ0n) is 8.56. The van der Waals surface area contributed by atoms with Gasteiger partial charge in [-0.1, -0.05) is 36.4 Å². The van der Waals surface area contributed by atoms with E-state index in [1.165, 1.54) is 0 Å². The fourth-order valence-corrected chi connectivity index (χ4v) is 1.10. The van der Waals surface area contributed by atoms with E-state index < -0.39 is 0 Å². The lowest BCUT2D eigenvalue weighted by Crippen LogP contribution is -1.62. The summed E-state index contributed by atoms with van der Waals surface area (Å²) in [5.41, 5.74) is 1.74. The summed E-state index contributed by atoms with van der Waals surface area (Å²) in [5.74, 6) is 0. The van der Waals surface area contributed by atoms with Crippen LogP contribution in [0.2, 0.25) is 0 Å². The maximum Gasteiger partial charge on any atom is 0.0857 e. The summed E-state index contributed by atoms with van der Waals surface area (Å²) in [7, 11) is 0. The van der Waals surface area contributed by atoms with Crippen LogP contribution in [0.25, 0.3) is 0 Å². The van der Waals surface area contributed by atoms with Crippen molar-refractivity contribution >= 4 is 11.4 Å². The summed E-state index contributed by atoms with van der Waals surface area (Å²) in [6, 6.07) is 19.4. The van der Waals surface area contributed by atoms with E-state index in [-0.39, 0.29) is 0 Å². The van der Waals surface area contributed by atoms with Crippen LogP contribution in [0.5, 0.6) is 0 Å². The lowest BCUT2D eigenvalue weighted by Gasteiger charge is -1.91. The van der Waals surface area contributed by atoms with Crippen molar-refractivity contribution in [3.05, 3.63) is 60.7 Å². The fourth-order valence-electron chi connectivity index (χ4n) is 1.10. The number of azo groups is 1. The Kier molecular flexibility index (Phi) is 5.47. The molecule has 4 heteroatoms. The highest BCUT2D eigenvalue weighted by molar-refractivity contribution is 5.39. The van der Waals surface area contributed by atoms with Gasteiger partial charge in [0.2, 0.25) is 0 Å². The van der Waals surface area contributed by atoms with E-state index >= 15 is 0 Å². The second kappa shape index (κ2) is 7.28. The molecule has 0 aliphatic carbocycles. The van der Waals surface area contributed by atoms with E-state index in [9.17, 15) is 0 Å². The molecule has 0 amide bonds. The van der Waals surface area contributed by atoms with E-state index in [2.05, 4.69) is 10.2 Å². The Morgan fingerprint density at radius 1 is 0.562 bits per heavy atom. The van der Waals surface area contributed by atoms with Gasteiger partial charge in [0, 0.05) is 0 Å². The van der Waals surface area contributed by atoms with E-state index in [0.717, 1.165) is 11.4 Å². The van der Waals surface area contributed by atoms with Crippen molar-refractivity contribution in [3.63, 3.8) is 0 Å². The van der Waals surface area contributed by atoms with Gasteiger partial charge in [0.05, 0.1) is 11.4 Å². The summed E-state index contributed by atoms with van der Waals surface area (Å²) in [6.45, 7) is 0. The first-order valence-electron chi connectivity index (χ1n) is 4.67. The molecule has 0 unspecified atom stereocenters. The molecule has 4 nitrogen and oxygen atoms in total. The van der Waals surface area contributed by atoms with Crippen LogP contribution in [0.3, 0.4) is 0 Å². The Hall–Kier alpha value is -2.04. The molecule has 0 aromatic heterocycles. The number of hydrogen-bond donors (Lipinski definition) is 2. The maximum atomic E-state index is 6.00. The minimum atomic E-state index is 0.872. The molecular weight excluding hydrogens is 204 g/mol. The van der Waals surface area contributed by atoms with Crippen molar-refractivity contribution in [2.75, 3.05) is 0 Å². The van der Waals surface area contributed by atoms with E-state index in [1.54, 1.807) is 0 Å². The molecule has 82 valence electrons. The average Bonchev–Trinajstić information content (AvgIpc) is 2.41. The first kappa shape index (κ1) is 12.0. The molecule has 0 saturated heterocycles. The van der Waals surface area contributed by atoms with Crippen molar-refractivity contribution < 1.29 is 10.5 Å². The lowest BCUT2D eigenvalue weighted by molar-refractivity contribution is -0.176. The number of hydrogen-bond acceptors (Lipinski definition) is 4. The van der Waals surface area contributed by atoms with Crippen LogP contribution in [-0.4, -0.2) is 10.5 Å². The Balaban J connectivity index is 0.000000606. The molecule has 0 fully saturated rings. The van der Waals surface area contributed by atoms with E-state index in [1.807, 2.05) is 60.7 Å². The van der Waals surface area contributed by atoms with Crippen LogP contribution < -0.4 is 0 Å². The molecular formula is C12H12N2O2. The number of rotatable bonds is 2. The lowest BCUT2D eigenvalue weighted by atomic mass is 10.3. The topological polar surface area (TPSA) is 65.2 Å². The smallest absolute Gasteiger partial charge is 0.0857 e. The molecule has 2 N–H and O–H groups in total. The predicted molar refractivity (Wildman–Crippen MR) is 62.3 cm³/mol. The molecule has 0 heterocycles. The SMILES string of the molecule is OO.c1ccc(N=Nc2ccccc2)cc1. The first-order chi connectivity index (χ1) is 7.95. The normalized spacial score (nSPS) is 9.62. The summed E-state index contributed by atoms with van der Waals surface area (Å²) in [6.07, 6.45) is 0. The van der Waals surface area contributed by atoms with Gasteiger partial charge in [-0.05, 0) is 24.3 Å². The highest BCUT2D eigenvalue weighted by Crippen LogP contribution is 2.16. The van der Waals surface area contributed by atoms with Crippen LogP contribution >= 0.6 is 0 Å². The summed E-state index contributed by atoms with van der Waals surface area (Å²) >= 11 is 0. The zero-order valence-corrected chi connectivity index (χ0v) is 8.56. The van der Waals surface area contributed by atoms with Gasteiger partial charge in [-0.25, -0.2) is 0 Å². The van der Waals surface area contributed by atoms with Gasteiger partial charge in [-0.15, -0.1) is 0 Å². The third-order valence-electron chi connectivity index (χ3n) is 1.79. The molecule has 0 bridgehead atoms. The van der Waals surface area contributed by atoms with Crippen LogP contribution in [0, 0.1) is 0 Å². The third kappa shape index (κ3) is 4.00. The summed E-state index contributed by atoms with van der Waals surface area (Å²) < 4.78 is 0. The Morgan fingerprint density at radius 3 is 1.19 bits per heavy atom. The molecule has 0 radical (unpaired) electrons. The first-order valence-corrected chi connectivity index (χ1v) is 4.67. The van der Waals surface area contributed by atoms with Gasteiger partial charge in [0.25, 0.3) is 0 Å². The second-order valence-electron chi connectivity index (χ2n) is 2.87. The minimum absolute atomic E-state index is 0.872. The fraction of sp³-hybridized carbons (Fsp3) is 0. The highest BCUT2D eigenvalue weighted by atomic mass is 17.0. The van der Waals surface area contributed by atoms with Crippen LogP contribution in [-0.2, 0) is 0 Å². The standard InChI is InChI=1S/C12H10N2.H2O2/c1-3-7-11(8-4-1)13-14-12-9-5-2-6-10-12;1-2/h1-10H;1-2H. The largest absolute Gasteiger partial charge is 0.255 e. The van der Waals surface area contributed by atoms with Crippen molar-refractivity contribution in [3.8, 4) is 0 Å². The molecule has 2 aromatic carbocycles. The van der Waals surface area contributed by atoms with Gasteiger partial charge in [-0.2, -0.15) is 10.2 Å². The molecule has 0 aliphatic rings. The zero-order chi connectivity index (χ0) is 11.6. The van der Waals surface area contributed by atoms with Gasteiger partial charge in [-0.3, -0.25) is 10.5 Å². The molecule has 0 aliphatic heterocycles. The van der Waals surface area contributed by atoms with Gasteiger partial charge in [0.15, 0.2) is 0 Å². The van der Waals surface area contributed by atoms with Crippen LogP contribution in [0.4, 0.5) is 11.4 Å². The van der Waals surface area contributed by atoms with E-state index in [0.29, 0.717) is 0 Å². The van der Waals surface area contributed by atoms with Crippen LogP contribution in [0.15, 0.2) is 70.9 Å². The van der Waals surface area contributed by atoms with Crippen molar-refractivity contribution in [2.45, 2.75) is 0 Å².